The molecule has 0 atom stereocenters. The number of carbonyl (C=O) groups is 1. The van der Waals surface area contributed by atoms with E-state index in [0.29, 0.717) is 12.1 Å². The number of pyridine rings is 1. The Morgan fingerprint density at radius 1 is 1.35 bits per heavy atom. The van der Waals surface area contributed by atoms with E-state index in [1.807, 2.05) is 17.7 Å². The number of carbonyl (C=O) groups excluding carboxylic acids is 1. The zero-order valence-electron chi connectivity index (χ0n) is 14.8. The number of rotatable bonds is 7. The van der Waals surface area contributed by atoms with E-state index in [0.717, 1.165) is 36.4 Å². The highest BCUT2D eigenvalue weighted by atomic mass is 16.1. The van der Waals surface area contributed by atoms with Gasteiger partial charge >= 0.3 is 0 Å². The Kier molecular flexibility index (Phi) is 5.71. The SMILES string of the molecule is CCN(CC)CCNC(=O)c1cc2cnn(C(C)C)c2nc1C. The predicted octanol–water partition coefficient (Wildman–Crippen LogP) is 2.39. The number of aryl methyl sites for hydroxylation is 1. The molecule has 6 nitrogen and oxygen atoms in total. The van der Waals surface area contributed by atoms with Crippen molar-refractivity contribution in [2.24, 2.45) is 0 Å². The van der Waals surface area contributed by atoms with Crippen LogP contribution in [-0.2, 0) is 0 Å². The van der Waals surface area contributed by atoms with Crippen LogP contribution in [0.15, 0.2) is 12.3 Å². The minimum atomic E-state index is -0.0682. The molecule has 2 aromatic rings. The van der Waals surface area contributed by atoms with Crippen LogP contribution in [0.4, 0.5) is 0 Å². The van der Waals surface area contributed by atoms with Crippen molar-refractivity contribution in [2.75, 3.05) is 26.2 Å². The van der Waals surface area contributed by atoms with E-state index in [4.69, 9.17) is 0 Å². The van der Waals surface area contributed by atoms with Gasteiger partial charge in [0.25, 0.3) is 5.91 Å². The first kappa shape index (κ1) is 17.4. The first-order chi connectivity index (χ1) is 11.0. The highest BCUT2D eigenvalue weighted by Gasteiger charge is 2.15. The Morgan fingerprint density at radius 3 is 2.65 bits per heavy atom. The van der Waals surface area contributed by atoms with Crippen LogP contribution in [-0.4, -0.2) is 51.8 Å². The molecule has 0 radical (unpaired) electrons. The molecule has 0 aromatic carbocycles. The first-order valence-electron chi connectivity index (χ1n) is 8.33. The second-order valence-corrected chi connectivity index (χ2v) is 6.00. The van der Waals surface area contributed by atoms with Crippen molar-refractivity contribution in [3.8, 4) is 0 Å². The van der Waals surface area contributed by atoms with Crippen molar-refractivity contribution < 1.29 is 4.79 Å². The standard InChI is InChI=1S/C17H27N5O/c1-6-21(7-2)9-8-18-17(23)15-10-14-11-19-22(12(3)4)16(14)20-13(15)5/h10-12H,6-9H2,1-5H3,(H,18,23). The number of hydrogen-bond acceptors (Lipinski definition) is 4. The Labute approximate surface area is 137 Å². The molecule has 2 rings (SSSR count). The van der Waals surface area contributed by atoms with Crippen LogP contribution in [0.3, 0.4) is 0 Å². The maximum absolute atomic E-state index is 12.4. The van der Waals surface area contributed by atoms with Gasteiger partial charge in [-0.1, -0.05) is 13.8 Å². The molecule has 0 aliphatic carbocycles. The quantitative estimate of drug-likeness (QED) is 0.852. The van der Waals surface area contributed by atoms with E-state index < -0.39 is 0 Å². The second kappa shape index (κ2) is 7.55. The molecule has 0 bridgehead atoms. The smallest absolute Gasteiger partial charge is 0.253 e. The molecule has 6 heteroatoms. The summed E-state index contributed by atoms with van der Waals surface area (Å²) >= 11 is 0. The van der Waals surface area contributed by atoms with Gasteiger partial charge in [-0.15, -0.1) is 0 Å². The van der Waals surface area contributed by atoms with Gasteiger partial charge in [-0.2, -0.15) is 5.10 Å². The largest absolute Gasteiger partial charge is 0.351 e. The number of amides is 1. The van der Waals surface area contributed by atoms with Gasteiger partial charge in [0.2, 0.25) is 0 Å². The molecule has 23 heavy (non-hydrogen) atoms. The molecular weight excluding hydrogens is 290 g/mol. The minimum absolute atomic E-state index is 0.0682. The van der Waals surface area contributed by atoms with Crippen molar-refractivity contribution in [3.63, 3.8) is 0 Å². The lowest BCUT2D eigenvalue weighted by Crippen LogP contribution is -2.35. The van der Waals surface area contributed by atoms with Gasteiger partial charge in [0.05, 0.1) is 17.5 Å². The molecule has 0 saturated heterocycles. The van der Waals surface area contributed by atoms with Crippen LogP contribution < -0.4 is 5.32 Å². The molecular formula is C17H27N5O. The van der Waals surface area contributed by atoms with Gasteiger partial charge in [0.15, 0.2) is 5.65 Å². The van der Waals surface area contributed by atoms with Crippen molar-refractivity contribution in [1.29, 1.82) is 0 Å². The van der Waals surface area contributed by atoms with Gasteiger partial charge in [-0.05, 0) is 39.9 Å². The van der Waals surface area contributed by atoms with Crippen LogP contribution in [0.25, 0.3) is 11.0 Å². The zero-order valence-corrected chi connectivity index (χ0v) is 14.8. The third-order valence-corrected chi connectivity index (χ3v) is 4.10. The number of likely N-dealkylation sites (N-methyl/N-ethyl adjacent to an activating group) is 1. The Bertz CT molecular complexity index is 673. The monoisotopic (exact) mass is 317 g/mol. The van der Waals surface area contributed by atoms with E-state index in [1.165, 1.54) is 0 Å². The maximum atomic E-state index is 12.4. The zero-order chi connectivity index (χ0) is 17.0. The van der Waals surface area contributed by atoms with Crippen LogP contribution in [0.1, 0.15) is 49.8 Å². The van der Waals surface area contributed by atoms with Gasteiger partial charge in [-0.3, -0.25) is 4.79 Å². The molecule has 2 aromatic heterocycles. The molecule has 126 valence electrons. The van der Waals surface area contributed by atoms with E-state index in [1.54, 1.807) is 6.20 Å². The lowest BCUT2D eigenvalue weighted by Gasteiger charge is -2.18. The Hall–Kier alpha value is -1.95. The second-order valence-electron chi connectivity index (χ2n) is 6.00. The molecule has 2 heterocycles. The molecule has 0 aliphatic heterocycles. The minimum Gasteiger partial charge on any atom is -0.351 e. The molecule has 0 fully saturated rings. The molecule has 0 unspecified atom stereocenters. The summed E-state index contributed by atoms with van der Waals surface area (Å²) < 4.78 is 1.88. The third-order valence-electron chi connectivity index (χ3n) is 4.10. The van der Waals surface area contributed by atoms with Crippen molar-refractivity contribution in [2.45, 2.75) is 40.7 Å². The van der Waals surface area contributed by atoms with Crippen molar-refractivity contribution in [1.82, 2.24) is 25.0 Å². The summed E-state index contributed by atoms with van der Waals surface area (Å²) in [6.07, 6.45) is 1.77. The molecule has 0 saturated carbocycles. The highest BCUT2D eigenvalue weighted by Crippen LogP contribution is 2.19. The van der Waals surface area contributed by atoms with E-state index in [9.17, 15) is 4.79 Å². The summed E-state index contributed by atoms with van der Waals surface area (Å²) in [5.74, 6) is -0.0682. The number of fused-ring (bicyclic) bond motifs is 1. The fraction of sp³-hybridized carbons (Fsp3) is 0.588. The number of aromatic nitrogens is 3. The summed E-state index contributed by atoms with van der Waals surface area (Å²) in [6, 6.07) is 2.13. The number of hydrogen-bond donors (Lipinski definition) is 1. The van der Waals surface area contributed by atoms with E-state index in [2.05, 4.69) is 48.0 Å². The predicted molar refractivity (Wildman–Crippen MR) is 92.8 cm³/mol. The van der Waals surface area contributed by atoms with Gasteiger partial charge < -0.3 is 10.2 Å². The van der Waals surface area contributed by atoms with Gasteiger partial charge in [-0.25, -0.2) is 9.67 Å². The van der Waals surface area contributed by atoms with Crippen LogP contribution in [0.5, 0.6) is 0 Å². The van der Waals surface area contributed by atoms with Crippen LogP contribution in [0, 0.1) is 6.92 Å². The maximum Gasteiger partial charge on any atom is 0.253 e. The lowest BCUT2D eigenvalue weighted by molar-refractivity contribution is 0.0948. The van der Waals surface area contributed by atoms with Crippen LogP contribution in [0.2, 0.25) is 0 Å². The third kappa shape index (κ3) is 3.88. The highest BCUT2D eigenvalue weighted by molar-refractivity contribution is 5.98. The van der Waals surface area contributed by atoms with Crippen molar-refractivity contribution in [3.05, 3.63) is 23.5 Å². The van der Waals surface area contributed by atoms with Crippen LogP contribution >= 0.6 is 0 Å². The molecule has 0 spiro atoms. The summed E-state index contributed by atoms with van der Waals surface area (Å²) in [5, 5.41) is 8.25. The first-order valence-corrected chi connectivity index (χ1v) is 8.33. The summed E-state index contributed by atoms with van der Waals surface area (Å²) in [7, 11) is 0. The van der Waals surface area contributed by atoms with Crippen molar-refractivity contribution >= 4 is 16.9 Å². The fourth-order valence-corrected chi connectivity index (χ4v) is 2.64. The average molecular weight is 317 g/mol. The summed E-state index contributed by atoms with van der Waals surface area (Å²) in [4.78, 5) is 19.3. The Morgan fingerprint density at radius 2 is 2.04 bits per heavy atom. The Balaban J connectivity index is 2.13. The summed E-state index contributed by atoms with van der Waals surface area (Å²) in [6.45, 7) is 13.7. The van der Waals surface area contributed by atoms with Gasteiger partial charge in [0.1, 0.15) is 0 Å². The summed E-state index contributed by atoms with van der Waals surface area (Å²) in [5.41, 5.74) is 2.19. The molecule has 0 aliphatic rings. The number of nitrogens with one attached hydrogen (secondary N) is 1. The average Bonchev–Trinajstić information content (AvgIpc) is 2.93. The lowest BCUT2D eigenvalue weighted by atomic mass is 10.1. The van der Waals surface area contributed by atoms with Gasteiger partial charge in [0, 0.05) is 24.5 Å². The van der Waals surface area contributed by atoms with E-state index >= 15 is 0 Å². The fourth-order valence-electron chi connectivity index (χ4n) is 2.64. The number of nitrogens with zero attached hydrogens (tertiary/aromatic N) is 4. The van der Waals surface area contributed by atoms with E-state index in [-0.39, 0.29) is 11.9 Å². The molecule has 1 amide bonds. The normalized spacial score (nSPS) is 11.6. The topological polar surface area (TPSA) is 63.1 Å². The molecule has 1 N–H and O–H groups in total.